The van der Waals surface area contributed by atoms with Crippen molar-refractivity contribution in [2.45, 2.75) is 38.1 Å². The molecule has 2 rings (SSSR count). The molecule has 0 radical (unpaired) electrons. The Morgan fingerprint density at radius 3 is 2.75 bits per heavy atom. The second kappa shape index (κ2) is 5.91. The van der Waals surface area contributed by atoms with Gasteiger partial charge in [0, 0.05) is 5.69 Å². The number of hydrogen-bond acceptors (Lipinski definition) is 3. The van der Waals surface area contributed by atoms with Crippen LogP contribution in [0.25, 0.3) is 0 Å². The van der Waals surface area contributed by atoms with E-state index < -0.39 is 5.54 Å². The molecule has 0 saturated heterocycles. The molecule has 1 saturated carbocycles. The fourth-order valence-electron chi connectivity index (χ4n) is 2.56. The van der Waals surface area contributed by atoms with E-state index in [1.165, 1.54) is 12.1 Å². The van der Waals surface area contributed by atoms with E-state index in [-0.39, 0.29) is 18.3 Å². The Bertz CT molecular complexity index is 545. The Morgan fingerprint density at radius 1 is 1.45 bits per heavy atom. The molecule has 0 aliphatic heterocycles. The summed E-state index contributed by atoms with van der Waals surface area (Å²) in [5, 5.41) is 15.0. The van der Waals surface area contributed by atoms with Crippen molar-refractivity contribution in [3.63, 3.8) is 0 Å². The summed E-state index contributed by atoms with van der Waals surface area (Å²) in [5.74, 6) is -0.510. The first-order valence-corrected chi connectivity index (χ1v) is 6.77. The number of carbonyl (C=O) groups excluding carboxylic acids is 1. The third-order valence-electron chi connectivity index (χ3n) is 3.68. The standard InChI is InChI=1S/C15H18FN3O/c1-11-8-12(16)4-5-13(11)18-9-14(20)19-15(10-17)6-2-3-7-15/h4-5,8,18H,2-3,6-7,9H2,1H3,(H,19,20). The summed E-state index contributed by atoms with van der Waals surface area (Å²) in [4.78, 5) is 11.9. The van der Waals surface area contributed by atoms with E-state index in [2.05, 4.69) is 16.7 Å². The van der Waals surface area contributed by atoms with Crippen LogP contribution in [0.3, 0.4) is 0 Å². The van der Waals surface area contributed by atoms with E-state index in [1.807, 2.05) is 0 Å². The lowest BCUT2D eigenvalue weighted by Gasteiger charge is -2.22. The number of benzene rings is 1. The van der Waals surface area contributed by atoms with E-state index in [0.29, 0.717) is 12.8 Å². The van der Waals surface area contributed by atoms with Crippen LogP contribution in [-0.2, 0) is 4.79 Å². The predicted molar refractivity (Wildman–Crippen MR) is 74.6 cm³/mol. The fourth-order valence-corrected chi connectivity index (χ4v) is 2.56. The van der Waals surface area contributed by atoms with Crippen molar-refractivity contribution in [2.75, 3.05) is 11.9 Å². The lowest BCUT2D eigenvalue weighted by molar-refractivity contribution is -0.120. The van der Waals surface area contributed by atoms with E-state index in [4.69, 9.17) is 0 Å². The molecule has 1 aliphatic rings. The van der Waals surface area contributed by atoms with Crippen molar-refractivity contribution in [3.05, 3.63) is 29.6 Å². The topological polar surface area (TPSA) is 64.9 Å². The van der Waals surface area contributed by atoms with Crippen LogP contribution in [0.1, 0.15) is 31.2 Å². The minimum atomic E-state index is -0.698. The van der Waals surface area contributed by atoms with Crippen LogP contribution in [0.4, 0.5) is 10.1 Å². The second-order valence-corrected chi connectivity index (χ2v) is 5.26. The first-order valence-electron chi connectivity index (χ1n) is 6.77. The Morgan fingerprint density at radius 2 is 2.15 bits per heavy atom. The van der Waals surface area contributed by atoms with Gasteiger partial charge in [0.2, 0.25) is 5.91 Å². The number of amides is 1. The summed E-state index contributed by atoms with van der Waals surface area (Å²) in [5.41, 5.74) is 0.768. The second-order valence-electron chi connectivity index (χ2n) is 5.26. The third-order valence-corrected chi connectivity index (χ3v) is 3.68. The van der Waals surface area contributed by atoms with Gasteiger partial charge in [0.05, 0.1) is 12.6 Å². The summed E-state index contributed by atoms with van der Waals surface area (Å²) < 4.78 is 13.0. The molecule has 0 unspecified atom stereocenters. The van der Waals surface area contributed by atoms with Gasteiger partial charge in [-0.05, 0) is 56.4 Å². The van der Waals surface area contributed by atoms with E-state index in [0.717, 1.165) is 24.1 Å². The number of hydrogen-bond donors (Lipinski definition) is 2. The number of anilines is 1. The average Bonchev–Trinajstić information content (AvgIpc) is 2.87. The van der Waals surface area contributed by atoms with Gasteiger partial charge in [0.15, 0.2) is 0 Å². The van der Waals surface area contributed by atoms with Crippen molar-refractivity contribution in [2.24, 2.45) is 0 Å². The van der Waals surface area contributed by atoms with Gasteiger partial charge in [0.25, 0.3) is 0 Å². The SMILES string of the molecule is Cc1cc(F)ccc1NCC(=O)NC1(C#N)CCCC1. The van der Waals surface area contributed by atoms with Crippen molar-refractivity contribution in [1.29, 1.82) is 5.26 Å². The number of carbonyl (C=O) groups is 1. The zero-order chi connectivity index (χ0) is 14.6. The van der Waals surface area contributed by atoms with E-state index in [1.54, 1.807) is 13.0 Å². The maximum absolute atomic E-state index is 13.0. The molecule has 0 atom stereocenters. The maximum atomic E-state index is 13.0. The number of aryl methyl sites for hydroxylation is 1. The molecule has 4 nitrogen and oxygen atoms in total. The molecule has 1 amide bonds. The van der Waals surface area contributed by atoms with Gasteiger partial charge in [-0.2, -0.15) is 5.26 Å². The number of halogens is 1. The zero-order valence-electron chi connectivity index (χ0n) is 11.5. The lowest BCUT2D eigenvalue weighted by atomic mass is 10.00. The van der Waals surface area contributed by atoms with Gasteiger partial charge in [-0.3, -0.25) is 4.79 Å². The molecule has 2 N–H and O–H groups in total. The van der Waals surface area contributed by atoms with Gasteiger partial charge in [0.1, 0.15) is 11.4 Å². The maximum Gasteiger partial charge on any atom is 0.240 e. The first kappa shape index (κ1) is 14.3. The van der Waals surface area contributed by atoms with Crippen LogP contribution < -0.4 is 10.6 Å². The highest BCUT2D eigenvalue weighted by atomic mass is 19.1. The number of nitrogens with one attached hydrogen (secondary N) is 2. The normalized spacial score (nSPS) is 16.4. The Balaban J connectivity index is 1.91. The quantitative estimate of drug-likeness (QED) is 0.887. The molecular weight excluding hydrogens is 257 g/mol. The van der Waals surface area contributed by atoms with Crippen molar-refractivity contribution >= 4 is 11.6 Å². The van der Waals surface area contributed by atoms with Crippen LogP contribution >= 0.6 is 0 Å². The van der Waals surface area contributed by atoms with Gasteiger partial charge < -0.3 is 10.6 Å². The minimum absolute atomic E-state index is 0.0793. The van der Waals surface area contributed by atoms with Gasteiger partial charge >= 0.3 is 0 Å². The molecule has 106 valence electrons. The average molecular weight is 275 g/mol. The van der Waals surface area contributed by atoms with Crippen molar-refractivity contribution < 1.29 is 9.18 Å². The molecule has 1 aromatic carbocycles. The lowest BCUT2D eigenvalue weighted by Crippen LogP contribution is -2.47. The molecule has 0 heterocycles. The molecule has 1 aliphatic carbocycles. The van der Waals surface area contributed by atoms with Crippen molar-refractivity contribution in [3.8, 4) is 6.07 Å². The fraction of sp³-hybridized carbons (Fsp3) is 0.467. The summed E-state index contributed by atoms with van der Waals surface area (Å²) in [7, 11) is 0. The monoisotopic (exact) mass is 275 g/mol. The number of rotatable bonds is 4. The van der Waals surface area contributed by atoms with Crippen molar-refractivity contribution in [1.82, 2.24) is 5.32 Å². The smallest absolute Gasteiger partial charge is 0.240 e. The Labute approximate surface area is 118 Å². The zero-order valence-corrected chi connectivity index (χ0v) is 11.5. The van der Waals surface area contributed by atoms with Crippen LogP contribution in [0.2, 0.25) is 0 Å². The summed E-state index contributed by atoms with van der Waals surface area (Å²) >= 11 is 0. The molecular formula is C15H18FN3O. The molecule has 1 fully saturated rings. The molecule has 0 spiro atoms. The van der Waals surface area contributed by atoms with Gasteiger partial charge in [-0.25, -0.2) is 4.39 Å². The van der Waals surface area contributed by atoms with Crippen LogP contribution in [0, 0.1) is 24.1 Å². The van der Waals surface area contributed by atoms with Gasteiger partial charge in [-0.15, -0.1) is 0 Å². The summed E-state index contributed by atoms with van der Waals surface area (Å²) in [6.07, 6.45) is 3.37. The van der Waals surface area contributed by atoms with Crippen LogP contribution in [0.15, 0.2) is 18.2 Å². The van der Waals surface area contributed by atoms with Crippen LogP contribution in [-0.4, -0.2) is 18.0 Å². The molecule has 0 bridgehead atoms. The molecule has 5 heteroatoms. The highest BCUT2D eigenvalue weighted by Gasteiger charge is 2.35. The summed E-state index contributed by atoms with van der Waals surface area (Å²) in [6.45, 7) is 1.85. The molecule has 1 aromatic rings. The summed E-state index contributed by atoms with van der Waals surface area (Å²) in [6, 6.07) is 6.58. The Hall–Kier alpha value is -2.09. The largest absolute Gasteiger partial charge is 0.376 e. The number of nitrogens with zero attached hydrogens (tertiary/aromatic N) is 1. The molecule has 0 aromatic heterocycles. The highest BCUT2D eigenvalue weighted by molar-refractivity contribution is 5.82. The van der Waals surface area contributed by atoms with E-state index >= 15 is 0 Å². The first-order chi connectivity index (χ1) is 9.54. The predicted octanol–water partition coefficient (Wildman–Crippen LogP) is 2.50. The molecule has 20 heavy (non-hydrogen) atoms. The minimum Gasteiger partial charge on any atom is -0.376 e. The third kappa shape index (κ3) is 3.27. The van der Waals surface area contributed by atoms with Crippen LogP contribution in [0.5, 0.6) is 0 Å². The van der Waals surface area contributed by atoms with Gasteiger partial charge in [-0.1, -0.05) is 0 Å². The number of nitriles is 1. The Kier molecular flexibility index (Phi) is 4.23. The highest BCUT2D eigenvalue weighted by Crippen LogP contribution is 2.28. The van der Waals surface area contributed by atoms with E-state index in [9.17, 15) is 14.4 Å².